The van der Waals surface area contributed by atoms with Crippen LogP contribution in [0.5, 0.6) is 0 Å². The molecule has 0 radical (unpaired) electrons. The molecule has 0 aliphatic rings. The van der Waals surface area contributed by atoms with Crippen molar-refractivity contribution in [3.05, 3.63) is 52.5 Å². The molecule has 0 spiro atoms. The third kappa shape index (κ3) is 5.04. The highest BCUT2D eigenvalue weighted by molar-refractivity contribution is 7.12. The molecular weight excluding hydrogens is 356 g/mol. The molecule has 2 aromatic rings. The van der Waals surface area contributed by atoms with E-state index in [-0.39, 0.29) is 48.4 Å². The second kappa shape index (κ2) is 8.66. The van der Waals surface area contributed by atoms with Crippen LogP contribution in [0.25, 0.3) is 0 Å². The van der Waals surface area contributed by atoms with Crippen molar-refractivity contribution in [3.63, 3.8) is 0 Å². The van der Waals surface area contributed by atoms with Crippen molar-refractivity contribution in [2.45, 2.75) is 6.54 Å². The Labute approximate surface area is 137 Å². The quantitative estimate of drug-likeness (QED) is 0.441. The number of carbonyl (C=O) groups excluding carboxylic acids is 2. The van der Waals surface area contributed by atoms with E-state index in [0.29, 0.717) is 10.4 Å². The lowest BCUT2D eigenvalue weighted by atomic mass is 10.2. The van der Waals surface area contributed by atoms with Gasteiger partial charge in [-0.15, -0.1) is 11.3 Å². The van der Waals surface area contributed by atoms with E-state index in [2.05, 4.69) is 5.32 Å². The van der Waals surface area contributed by atoms with Gasteiger partial charge in [-0.05, 0) is 17.5 Å². The van der Waals surface area contributed by atoms with Gasteiger partial charge in [0, 0.05) is 12.6 Å². The fraction of sp³-hybridized carbons (Fsp3) is 0.214. The molecule has 2 rings (SSSR count). The first-order valence-corrected chi connectivity index (χ1v) is 7.03. The Morgan fingerprint density at radius 1 is 1.29 bits per heavy atom. The van der Waals surface area contributed by atoms with Crippen molar-refractivity contribution in [3.8, 4) is 0 Å². The molecule has 1 amide bonds. The first-order valence-electron chi connectivity index (χ1n) is 6.15. The predicted octanol–water partition coefficient (Wildman–Crippen LogP) is -2.36. The van der Waals surface area contributed by atoms with Crippen LogP contribution in [-0.4, -0.2) is 29.9 Å². The molecule has 5 nitrogen and oxygen atoms in total. The Kier molecular flexibility index (Phi) is 7.21. The van der Waals surface area contributed by atoms with Crippen molar-refractivity contribution < 1.29 is 36.2 Å². The Bertz CT molecular complexity index is 602. The predicted molar refractivity (Wildman–Crippen MR) is 74.7 cm³/mol. The van der Waals surface area contributed by atoms with E-state index < -0.39 is 0 Å². The van der Waals surface area contributed by atoms with Crippen molar-refractivity contribution in [2.75, 3.05) is 13.2 Å². The van der Waals surface area contributed by atoms with E-state index in [1.165, 1.54) is 11.3 Å². The highest BCUT2D eigenvalue weighted by atomic mass is 79.9. The summed E-state index contributed by atoms with van der Waals surface area (Å²) in [7, 11) is 0. The average Bonchev–Trinajstić information content (AvgIpc) is 2.99. The van der Waals surface area contributed by atoms with Crippen LogP contribution < -0.4 is 26.9 Å². The van der Waals surface area contributed by atoms with Crippen molar-refractivity contribution in [2.24, 2.45) is 0 Å². The first kappa shape index (κ1) is 17.5. The molecule has 2 aromatic heterocycles. The summed E-state index contributed by atoms with van der Waals surface area (Å²) in [5.74, 6) is -0.255. The molecule has 2 N–H and O–H groups in total. The fourth-order valence-corrected chi connectivity index (χ4v) is 2.36. The van der Waals surface area contributed by atoms with Crippen LogP contribution in [0.1, 0.15) is 20.0 Å². The molecule has 0 bridgehead atoms. The topological polar surface area (TPSA) is 70.3 Å². The number of aliphatic hydroxyl groups excluding tert-OH is 1. The minimum absolute atomic E-state index is 0. The van der Waals surface area contributed by atoms with Crippen LogP contribution in [-0.2, 0) is 6.54 Å². The van der Waals surface area contributed by atoms with Crippen molar-refractivity contribution >= 4 is 23.0 Å². The van der Waals surface area contributed by atoms with E-state index in [1.54, 1.807) is 35.2 Å². The van der Waals surface area contributed by atoms with Gasteiger partial charge < -0.3 is 27.4 Å². The standard InChI is InChI=1S/C14H14N2O3S.BrH/c17-7-5-15-14(19)11-3-1-6-16(9-11)10-12(18)13-4-2-8-20-13;/h1-4,6,8-9,17H,5,7,10H2;1H. The number of pyridine rings is 1. The zero-order valence-electron chi connectivity index (χ0n) is 11.2. The van der Waals surface area contributed by atoms with E-state index in [1.807, 2.05) is 11.4 Å². The van der Waals surface area contributed by atoms with Gasteiger partial charge in [-0.3, -0.25) is 9.59 Å². The monoisotopic (exact) mass is 370 g/mol. The lowest BCUT2D eigenvalue weighted by Crippen LogP contribution is -3.00. The Hall–Kier alpha value is -1.57. The summed E-state index contributed by atoms with van der Waals surface area (Å²) in [6, 6.07) is 7.00. The van der Waals surface area contributed by atoms with Crippen molar-refractivity contribution in [1.29, 1.82) is 0 Å². The molecule has 0 aliphatic heterocycles. The number of thiophene rings is 1. The van der Waals surface area contributed by atoms with Gasteiger partial charge in [0.05, 0.1) is 11.5 Å². The SMILES string of the molecule is O=C(NCCO)c1ccc[n+](CC(=O)c2cccs2)c1.[Br-]. The van der Waals surface area contributed by atoms with Gasteiger partial charge in [-0.25, -0.2) is 0 Å². The van der Waals surface area contributed by atoms with Gasteiger partial charge in [0.25, 0.3) is 5.91 Å². The third-order valence-corrected chi connectivity index (χ3v) is 3.55. The fourth-order valence-electron chi connectivity index (χ4n) is 1.71. The number of carbonyl (C=O) groups is 2. The molecular formula is C14H15BrN2O3S. The molecule has 0 saturated carbocycles. The number of aromatic nitrogens is 1. The van der Waals surface area contributed by atoms with E-state index >= 15 is 0 Å². The molecule has 0 atom stereocenters. The molecule has 0 fully saturated rings. The van der Waals surface area contributed by atoms with Crippen LogP contribution in [0.2, 0.25) is 0 Å². The van der Waals surface area contributed by atoms with Crippen LogP contribution in [0.4, 0.5) is 0 Å². The molecule has 112 valence electrons. The van der Waals surface area contributed by atoms with Gasteiger partial charge in [-0.1, -0.05) is 6.07 Å². The largest absolute Gasteiger partial charge is 1.00 e. The Morgan fingerprint density at radius 3 is 2.76 bits per heavy atom. The van der Waals surface area contributed by atoms with Crippen LogP contribution >= 0.6 is 11.3 Å². The van der Waals surface area contributed by atoms with Crippen molar-refractivity contribution in [1.82, 2.24) is 5.32 Å². The lowest BCUT2D eigenvalue weighted by Gasteiger charge is -2.02. The molecule has 0 aliphatic carbocycles. The summed E-state index contributed by atoms with van der Waals surface area (Å²) in [6.07, 6.45) is 3.37. The van der Waals surface area contributed by atoms with Crippen LogP contribution in [0.15, 0.2) is 42.0 Å². The Balaban J connectivity index is 0.00000220. The Morgan fingerprint density at radius 2 is 2.10 bits per heavy atom. The average molecular weight is 371 g/mol. The van der Waals surface area contributed by atoms with Gasteiger partial charge in [-0.2, -0.15) is 4.57 Å². The number of nitrogens with one attached hydrogen (secondary N) is 1. The zero-order chi connectivity index (χ0) is 14.4. The number of hydrogen-bond donors (Lipinski definition) is 2. The lowest BCUT2D eigenvalue weighted by molar-refractivity contribution is -0.683. The second-order valence-corrected chi connectivity index (χ2v) is 5.09. The number of aliphatic hydroxyl groups is 1. The van der Waals surface area contributed by atoms with E-state index in [9.17, 15) is 9.59 Å². The second-order valence-electron chi connectivity index (χ2n) is 4.14. The summed E-state index contributed by atoms with van der Waals surface area (Å²) < 4.78 is 1.68. The number of Topliss-reactive ketones (excluding diaryl/α,β-unsaturated/α-hetero) is 1. The van der Waals surface area contributed by atoms with Crippen LogP contribution in [0.3, 0.4) is 0 Å². The number of nitrogens with zero attached hydrogens (tertiary/aromatic N) is 1. The molecule has 0 unspecified atom stereocenters. The number of ketones is 1. The normalized spacial score (nSPS) is 9.76. The first-order chi connectivity index (χ1) is 9.70. The summed E-state index contributed by atoms with van der Waals surface area (Å²) >= 11 is 1.40. The number of rotatable bonds is 6. The summed E-state index contributed by atoms with van der Waals surface area (Å²) in [5, 5.41) is 13.1. The summed E-state index contributed by atoms with van der Waals surface area (Å²) in [4.78, 5) is 24.4. The maximum Gasteiger partial charge on any atom is 0.257 e. The molecule has 0 aromatic carbocycles. The number of halogens is 1. The third-order valence-electron chi connectivity index (χ3n) is 2.64. The van der Waals surface area contributed by atoms with E-state index in [0.717, 1.165) is 0 Å². The van der Waals surface area contributed by atoms with Gasteiger partial charge in [0.2, 0.25) is 12.3 Å². The number of hydrogen-bond acceptors (Lipinski definition) is 4. The summed E-state index contributed by atoms with van der Waals surface area (Å²) in [6.45, 7) is 0.304. The minimum Gasteiger partial charge on any atom is -1.00 e. The molecule has 2 heterocycles. The highest BCUT2D eigenvalue weighted by Crippen LogP contribution is 2.09. The van der Waals surface area contributed by atoms with Crippen LogP contribution in [0, 0.1) is 0 Å². The maximum absolute atomic E-state index is 12.0. The maximum atomic E-state index is 12.0. The van der Waals surface area contributed by atoms with Gasteiger partial charge >= 0.3 is 0 Å². The molecule has 21 heavy (non-hydrogen) atoms. The molecule has 0 saturated heterocycles. The molecule has 7 heteroatoms. The van der Waals surface area contributed by atoms with Gasteiger partial charge in [0.1, 0.15) is 5.56 Å². The highest BCUT2D eigenvalue weighted by Gasteiger charge is 2.15. The smallest absolute Gasteiger partial charge is 0.257 e. The number of amides is 1. The zero-order valence-corrected chi connectivity index (χ0v) is 13.6. The minimum atomic E-state index is -0.267. The van der Waals surface area contributed by atoms with E-state index in [4.69, 9.17) is 5.11 Å². The summed E-state index contributed by atoms with van der Waals surface area (Å²) in [5.41, 5.74) is 0.458. The van der Waals surface area contributed by atoms with Gasteiger partial charge in [0.15, 0.2) is 12.4 Å².